The van der Waals surface area contributed by atoms with Gasteiger partial charge in [0.1, 0.15) is 18.1 Å². The van der Waals surface area contributed by atoms with Gasteiger partial charge in [-0.05, 0) is 62.4 Å². The summed E-state index contributed by atoms with van der Waals surface area (Å²) in [4.78, 5) is 39.2. The van der Waals surface area contributed by atoms with Crippen LogP contribution in [0.5, 0.6) is 5.75 Å². The minimum absolute atomic E-state index is 0.205. The Morgan fingerprint density at radius 1 is 1.09 bits per heavy atom. The first-order valence-electron chi connectivity index (χ1n) is 10.3. The number of aromatic nitrogens is 2. The summed E-state index contributed by atoms with van der Waals surface area (Å²) in [6.45, 7) is 4.21. The molecule has 2 aromatic heterocycles. The summed E-state index contributed by atoms with van der Waals surface area (Å²) >= 11 is 0. The van der Waals surface area contributed by atoms with Crippen LogP contribution in [0.25, 0.3) is 16.6 Å². The van der Waals surface area contributed by atoms with Gasteiger partial charge in [-0.2, -0.15) is 0 Å². The summed E-state index contributed by atoms with van der Waals surface area (Å²) in [6, 6.07) is 15.4. The number of amides is 1. The fourth-order valence-corrected chi connectivity index (χ4v) is 3.52. The van der Waals surface area contributed by atoms with Crippen molar-refractivity contribution < 1.29 is 13.9 Å². The topological polar surface area (TPSA) is 95.5 Å². The Bertz CT molecular complexity index is 1370. The molecule has 0 fully saturated rings. The van der Waals surface area contributed by atoms with E-state index < -0.39 is 11.2 Å². The third-order valence-electron chi connectivity index (χ3n) is 5.05. The fraction of sp³-hybridized carbons (Fsp3) is 0.208. The van der Waals surface area contributed by atoms with E-state index in [0.717, 1.165) is 10.1 Å². The zero-order valence-electron chi connectivity index (χ0n) is 17.8. The third-order valence-corrected chi connectivity index (χ3v) is 5.05. The highest BCUT2D eigenvalue weighted by molar-refractivity contribution is 5.82. The van der Waals surface area contributed by atoms with Gasteiger partial charge in [-0.15, -0.1) is 0 Å². The quantitative estimate of drug-likeness (QED) is 0.484. The van der Waals surface area contributed by atoms with E-state index in [-0.39, 0.29) is 19.0 Å². The highest BCUT2D eigenvalue weighted by Gasteiger charge is 2.17. The number of carbonyl (C=O) groups excluding carboxylic acids is 1. The van der Waals surface area contributed by atoms with Crippen molar-refractivity contribution in [2.24, 2.45) is 0 Å². The molecule has 32 heavy (non-hydrogen) atoms. The second-order valence-electron chi connectivity index (χ2n) is 7.31. The Kier molecular flexibility index (Phi) is 5.93. The van der Waals surface area contributed by atoms with E-state index in [9.17, 15) is 14.4 Å². The van der Waals surface area contributed by atoms with E-state index in [4.69, 9.17) is 9.15 Å². The van der Waals surface area contributed by atoms with Crippen molar-refractivity contribution >= 4 is 16.8 Å². The van der Waals surface area contributed by atoms with Gasteiger partial charge in [0, 0.05) is 0 Å². The van der Waals surface area contributed by atoms with Crippen molar-refractivity contribution in [1.82, 2.24) is 14.5 Å². The van der Waals surface area contributed by atoms with Crippen molar-refractivity contribution in [1.29, 1.82) is 0 Å². The molecule has 0 aliphatic rings. The zero-order valence-corrected chi connectivity index (χ0v) is 17.8. The lowest BCUT2D eigenvalue weighted by Gasteiger charge is -2.15. The Hall–Kier alpha value is -4.07. The highest BCUT2D eigenvalue weighted by atomic mass is 16.5. The molecule has 1 amide bonds. The number of fused-ring (bicyclic) bond motifs is 1. The molecular formula is C24H23N3O5. The van der Waals surface area contributed by atoms with E-state index in [1.165, 1.54) is 10.8 Å². The Morgan fingerprint density at radius 3 is 2.56 bits per heavy atom. The number of furan rings is 1. The Morgan fingerprint density at radius 2 is 1.88 bits per heavy atom. The smallest absolute Gasteiger partial charge is 0.336 e. The minimum Gasteiger partial charge on any atom is -0.494 e. The van der Waals surface area contributed by atoms with Gasteiger partial charge in [0.05, 0.1) is 36.0 Å². The summed E-state index contributed by atoms with van der Waals surface area (Å²) in [5.74, 6) is 0.867. The molecule has 0 radical (unpaired) electrons. The van der Waals surface area contributed by atoms with Crippen molar-refractivity contribution in [3.8, 4) is 11.4 Å². The monoisotopic (exact) mass is 433 g/mol. The maximum atomic E-state index is 13.4. The summed E-state index contributed by atoms with van der Waals surface area (Å²) in [5.41, 5.74) is 0.645. The van der Waals surface area contributed by atoms with Crippen LogP contribution < -0.4 is 21.3 Å². The number of aryl methyl sites for hydroxylation is 1. The van der Waals surface area contributed by atoms with Crippen LogP contribution >= 0.6 is 0 Å². The number of carbonyl (C=O) groups is 1. The maximum absolute atomic E-state index is 13.4. The van der Waals surface area contributed by atoms with Crippen LogP contribution in [-0.2, 0) is 17.9 Å². The molecule has 0 saturated carbocycles. The lowest BCUT2D eigenvalue weighted by Crippen LogP contribution is -2.41. The van der Waals surface area contributed by atoms with E-state index in [1.54, 1.807) is 54.6 Å². The van der Waals surface area contributed by atoms with Crippen molar-refractivity contribution in [2.45, 2.75) is 26.9 Å². The molecule has 2 aromatic carbocycles. The molecule has 0 aliphatic heterocycles. The molecule has 0 atom stereocenters. The van der Waals surface area contributed by atoms with Gasteiger partial charge in [-0.25, -0.2) is 9.36 Å². The second-order valence-corrected chi connectivity index (χ2v) is 7.31. The number of hydrogen-bond donors (Lipinski definition) is 1. The molecule has 1 N–H and O–H groups in total. The van der Waals surface area contributed by atoms with Gasteiger partial charge in [-0.1, -0.05) is 11.6 Å². The molecular weight excluding hydrogens is 410 g/mol. The number of rotatable bonds is 7. The summed E-state index contributed by atoms with van der Waals surface area (Å²) < 4.78 is 13.1. The molecule has 4 rings (SSSR count). The van der Waals surface area contributed by atoms with Crippen molar-refractivity contribution in [3.05, 3.63) is 93.0 Å². The van der Waals surface area contributed by atoms with Gasteiger partial charge in [-0.3, -0.25) is 14.2 Å². The van der Waals surface area contributed by atoms with Crippen molar-refractivity contribution in [3.63, 3.8) is 0 Å². The van der Waals surface area contributed by atoms with Crippen LogP contribution in [0.2, 0.25) is 0 Å². The predicted molar refractivity (Wildman–Crippen MR) is 120 cm³/mol. The first-order valence-corrected chi connectivity index (χ1v) is 10.3. The SMILES string of the molecule is CCOc1ccc(-n2c(=O)c3cc(C)ccc3n(CC(=O)NCc3ccco3)c2=O)cc1. The first-order chi connectivity index (χ1) is 15.5. The lowest BCUT2D eigenvalue weighted by atomic mass is 10.1. The van der Waals surface area contributed by atoms with Gasteiger partial charge < -0.3 is 14.5 Å². The first kappa shape index (κ1) is 21.2. The molecule has 0 aliphatic carbocycles. The Balaban J connectivity index is 1.78. The molecule has 0 unspecified atom stereocenters. The van der Waals surface area contributed by atoms with E-state index in [2.05, 4.69) is 5.32 Å². The minimum atomic E-state index is -0.594. The predicted octanol–water partition coefficient (Wildman–Crippen LogP) is 2.77. The molecule has 2 heterocycles. The standard InChI is InChI=1S/C24H23N3O5/c1-3-31-18-9-7-17(8-10-18)27-23(29)20-13-16(2)6-11-21(20)26(24(27)30)15-22(28)25-14-19-5-4-12-32-19/h4-13H,3,14-15H2,1-2H3,(H,25,28). The van der Waals surface area contributed by atoms with Crippen LogP contribution in [-0.4, -0.2) is 21.6 Å². The summed E-state index contributed by atoms with van der Waals surface area (Å²) in [5, 5.41) is 3.09. The van der Waals surface area contributed by atoms with Gasteiger partial charge >= 0.3 is 5.69 Å². The van der Waals surface area contributed by atoms with Gasteiger partial charge in [0.25, 0.3) is 5.56 Å². The average molecular weight is 433 g/mol. The molecule has 0 bridgehead atoms. The van der Waals surface area contributed by atoms with E-state index >= 15 is 0 Å². The van der Waals surface area contributed by atoms with Crippen LogP contribution in [0, 0.1) is 6.92 Å². The van der Waals surface area contributed by atoms with Gasteiger partial charge in [0.2, 0.25) is 5.91 Å². The second kappa shape index (κ2) is 8.97. The zero-order chi connectivity index (χ0) is 22.7. The number of hydrogen-bond acceptors (Lipinski definition) is 5. The summed E-state index contributed by atoms with van der Waals surface area (Å²) in [6.07, 6.45) is 1.52. The highest BCUT2D eigenvalue weighted by Crippen LogP contribution is 2.16. The maximum Gasteiger partial charge on any atom is 0.336 e. The lowest BCUT2D eigenvalue weighted by molar-refractivity contribution is -0.121. The number of benzene rings is 2. The van der Waals surface area contributed by atoms with Crippen LogP contribution in [0.4, 0.5) is 0 Å². The van der Waals surface area contributed by atoms with Crippen LogP contribution in [0.15, 0.2) is 74.9 Å². The molecule has 0 saturated heterocycles. The number of nitrogens with one attached hydrogen (secondary N) is 1. The molecule has 8 heteroatoms. The fourth-order valence-electron chi connectivity index (χ4n) is 3.52. The number of ether oxygens (including phenoxy) is 1. The van der Waals surface area contributed by atoms with Crippen LogP contribution in [0.1, 0.15) is 18.2 Å². The largest absolute Gasteiger partial charge is 0.494 e. The molecule has 8 nitrogen and oxygen atoms in total. The molecule has 4 aromatic rings. The van der Waals surface area contributed by atoms with Gasteiger partial charge in [0.15, 0.2) is 0 Å². The summed E-state index contributed by atoms with van der Waals surface area (Å²) in [7, 11) is 0. The molecule has 0 spiro atoms. The van der Waals surface area contributed by atoms with Crippen molar-refractivity contribution in [2.75, 3.05) is 6.61 Å². The Labute approximate surface area is 183 Å². The normalized spacial score (nSPS) is 10.9. The van der Waals surface area contributed by atoms with Crippen LogP contribution in [0.3, 0.4) is 0 Å². The third kappa shape index (κ3) is 4.20. The number of nitrogens with zero attached hydrogens (tertiary/aromatic N) is 2. The average Bonchev–Trinajstić information content (AvgIpc) is 3.30. The van der Waals surface area contributed by atoms with E-state index in [0.29, 0.717) is 34.7 Å². The molecule has 164 valence electrons. The van der Waals surface area contributed by atoms with E-state index in [1.807, 2.05) is 13.8 Å².